The number of nitrogens with zero attached hydrogens (tertiary/aromatic N) is 1. The van der Waals surface area contributed by atoms with Crippen LogP contribution in [0.3, 0.4) is 0 Å². The van der Waals surface area contributed by atoms with Crippen LogP contribution >= 0.6 is 11.6 Å². The van der Waals surface area contributed by atoms with Gasteiger partial charge in [0.25, 0.3) is 0 Å². The molecule has 0 radical (unpaired) electrons. The summed E-state index contributed by atoms with van der Waals surface area (Å²) in [7, 11) is 0. The second-order valence-electron chi connectivity index (χ2n) is 4.08. The quantitative estimate of drug-likeness (QED) is 0.743. The maximum Gasteiger partial charge on any atom is 0.128 e. The summed E-state index contributed by atoms with van der Waals surface area (Å²) in [5.74, 6) is 0.408. The van der Waals surface area contributed by atoms with Crippen molar-refractivity contribution in [1.29, 1.82) is 0 Å². The van der Waals surface area contributed by atoms with Crippen LogP contribution in [0, 0.1) is 5.82 Å². The highest BCUT2D eigenvalue weighted by Gasteiger charge is 2.10. The van der Waals surface area contributed by atoms with Gasteiger partial charge in [-0.15, -0.1) is 0 Å². The third-order valence-corrected chi connectivity index (χ3v) is 3.20. The number of hydrogen-bond donors (Lipinski definition) is 1. The summed E-state index contributed by atoms with van der Waals surface area (Å²) in [6.07, 6.45) is 0.361. The van der Waals surface area contributed by atoms with Crippen LogP contribution in [0.15, 0.2) is 42.5 Å². The summed E-state index contributed by atoms with van der Waals surface area (Å²) in [6.45, 7) is 0. The van der Waals surface area contributed by atoms with E-state index in [1.165, 1.54) is 6.07 Å². The lowest BCUT2D eigenvalue weighted by Crippen LogP contribution is -1.95. The molecule has 2 nitrogen and oxygen atoms in total. The number of fused-ring (bicyclic) bond motifs is 1. The number of hydrogen-bond acceptors (Lipinski definition) is 1. The molecule has 0 saturated carbocycles. The zero-order valence-electron chi connectivity index (χ0n) is 9.45. The van der Waals surface area contributed by atoms with Gasteiger partial charge < -0.3 is 4.98 Å². The molecule has 0 bridgehead atoms. The van der Waals surface area contributed by atoms with Gasteiger partial charge in [0, 0.05) is 17.0 Å². The monoisotopic (exact) mass is 260 g/mol. The summed E-state index contributed by atoms with van der Waals surface area (Å²) < 4.78 is 13.7. The summed E-state index contributed by atoms with van der Waals surface area (Å²) in [6, 6.07) is 12.4. The van der Waals surface area contributed by atoms with Crippen LogP contribution in [0.25, 0.3) is 11.0 Å². The van der Waals surface area contributed by atoms with E-state index in [-0.39, 0.29) is 5.82 Å². The van der Waals surface area contributed by atoms with Crippen molar-refractivity contribution in [2.45, 2.75) is 6.42 Å². The molecule has 0 aliphatic rings. The van der Waals surface area contributed by atoms with E-state index in [4.69, 9.17) is 11.6 Å². The van der Waals surface area contributed by atoms with Crippen molar-refractivity contribution in [3.63, 3.8) is 0 Å². The SMILES string of the molecule is Fc1cccc(Cl)c1Cc1nc2ccccc2[nH]1. The highest BCUT2D eigenvalue weighted by molar-refractivity contribution is 6.31. The molecule has 3 aromatic rings. The van der Waals surface area contributed by atoms with Crippen molar-refractivity contribution in [2.24, 2.45) is 0 Å². The van der Waals surface area contributed by atoms with E-state index in [1.54, 1.807) is 12.1 Å². The molecule has 0 atom stereocenters. The number of imidazole rings is 1. The van der Waals surface area contributed by atoms with Gasteiger partial charge in [0.1, 0.15) is 11.6 Å². The van der Waals surface area contributed by atoms with Gasteiger partial charge in [0.15, 0.2) is 0 Å². The van der Waals surface area contributed by atoms with Gasteiger partial charge in [-0.2, -0.15) is 0 Å². The van der Waals surface area contributed by atoms with Crippen molar-refractivity contribution in [3.8, 4) is 0 Å². The Balaban J connectivity index is 2.01. The first-order valence-electron chi connectivity index (χ1n) is 5.60. The van der Waals surface area contributed by atoms with Crippen molar-refractivity contribution < 1.29 is 4.39 Å². The fourth-order valence-electron chi connectivity index (χ4n) is 1.96. The Morgan fingerprint density at radius 2 is 1.94 bits per heavy atom. The highest BCUT2D eigenvalue weighted by Crippen LogP contribution is 2.22. The van der Waals surface area contributed by atoms with E-state index in [1.807, 2.05) is 24.3 Å². The van der Waals surface area contributed by atoms with Crippen LogP contribution in [0.1, 0.15) is 11.4 Å². The van der Waals surface area contributed by atoms with Crippen molar-refractivity contribution in [3.05, 3.63) is 64.7 Å². The molecule has 3 rings (SSSR count). The largest absolute Gasteiger partial charge is 0.342 e. The molecule has 2 aromatic carbocycles. The number of halogens is 2. The van der Waals surface area contributed by atoms with Crippen LogP contribution in [0.2, 0.25) is 5.02 Å². The molecule has 18 heavy (non-hydrogen) atoms. The first-order valence-corrected chi connectivity index (χ1v) is 5.98. The van der Waals surface area contributed by atoms with Crippen LogP contribution < -0.4 is 0 Å². The Labute approximate surface area is 108 Å². The normalized spacial score (nSPS) is 11.0. The predicted molar refractivity (Wildman–Crippen MR) is 70.3 cm³/mol. The average molecular weight is 261 g/mol. The van der Waals surface area contributed by atoms with Crippen LogP contribution in [-0.2, 0) is 6.42 Å². The minimum Gasteiger partial charge on any atom is -0.342 e. The third-order valence-electron chi connectivity index (χ3n) is 2.84. The Bertz CT molecular complexity index is 653. The summed E-state index contributed by atoms with van der Waals surface area (Å²) in [5.41, 5.74) is 2.29. The van der Waals surface area contributed by atoms with Gasteiger partial charge in [-0.25, -0.2) is 9.37 Å². The molecule has 1 aromatic heterocycles. The highest BCUT2D eigenvalue weighted by atomic mass is 35.5. The van der Waals surface area contributed by atoms with E-state index < -0.39 is 0 Å². The van der Waals surface area contributed by atoms with Gasteiger partial charge in [0.2, 0.25) is 0 Å². The first kappa shape index (κ1) is 11.2. The van der Waals surface area contributed by atoms with Crippen molar-refractivity contribution in [1.82, 2.24) is 9.97 Å². The molecule has 0 unspecified atom stereocenters. The molecular formula is C14H10ClFN2. The zero-order chi connectivity index (χ0) is 12.5. The number of H-pyrrole nitrogens is 1. The van der Waals surface area contributed by atoms with Gasteiger partial charge in [0.05, 0.1) is 11.0 Å². The van der Waals surface area contributed by atoms with Crippen LogP contribution in [0.4, 0.5) is 4.39 Å². The standard InChI is InChI=1S/C14H10ClFN2/c15-10-4-3-5-11(16)9(10)8-14-17-12-6-1-2-7-13(12)18-14/h1-7H,8H2,(H,17,18). The zero-order valence-corrected chi connectivity index (χ0v) is 10.2. The average Bonchev–Trinajstić information content (AvgIpc) is 2.76. The topological polar surface area (TPSA) is 28.7 Å². The lowest BCUT2D eigenvalue weighted by molar-refractivity contribution is 0.612. The van der Waals surface area contributed by atoms with E-state index in [0.717, 1.165) is 11.0 Å². The second kappa shape index (κ2) is 4.42. The van der Waals surface area contributed by atoms with E-state index in [0.29, 0.717) is 22.8 Å². The minimum absolute atomic E-state index is 0.303. The van der Waals surface area contributed by atoms with Gasteiger partial charge in [-0.1, -0.05) is 29.8 Å². The van der Waals surface area contributed by atoms with Crippen LogP contribution in [-0.4, -0.2) is 9.97 Å². The number of para-hydroxylation sites is 2. The smallest absolute Gasteiger partial charge is 0.128 e. The predicted octanol–water partition coefficient (Wildman–Crippen LogP) is 3.95. The van der Waals surface area contributed by atoms with Crippen LogP contribution in [0.5, 0.6) is 0 Å². The number of nitrogens with one attached hydrogen (secondary N) is 1. The molecule has 0 spiro atoms. The molecule has 1 N–H and O–H groups in total. The lowest BCUT2D eigenvalue weighted by atomic mass is 10.1. The third kappa shape index (κ3) is 1.97. The molecule has 1 heterocycles. The van der Waals surface area contributed by atoms with Gasteiger partial charge >= 0.3 is 0 Å². The molecule has 0 aliphatic carbocycles. The van der Waals surface area contributed by atoms with Crippen molar-refractivity contribution in [2.75, 3.05) is 0 Å². The van der Waals surface area contributed by atoms with Crippen molar-refractivity contribution >= 4 is 22.6 Å². The molecule has 4 heteroatoms. The molecular weight excluding hydrogens is 251 g/mol. The van der Waals surface area contributed by atoms with Gasteiger partial charge in [-0.3, -0.25) is 0 Å². The number of aromatic amines is 1. The van der Waals surface area contributed by atoms with E-state index in [9.17, 15) is 4.39 Å². The maximum absolute atomic E-state index is 13.7. The Kier molecular flexibility index (Phi) is 2.76. The summed E-state index contributed by atoms with van der Waals surface area (Å²) in [4.78, 5) is 7.57. The maximum atomic E-state index is 13.7. The lowest BCUT2D eigenvalue weighted by Gasteiger charge is -2.03. The number of benzene rings is 2. The molecule has 0 aliphatic heterocycles. The Hall–Kier alpha value is -1.87. The minimum atomic E-state index is -0.303. The van der Waals surface area contributed by atoms with E-state index in [2.05, 4.69) is 9.97 Å². The van der Waals surface area contributed by atoms with E-state index >= 15 is 0 Å². The number of rotatable bonds is 2. The number of aromatic nitrogens is 2. The molecule has 0 fully saturated rings. The Morgan fingerprint density at radius 1 is 1.11 bits per heavy atom. The molecule has 90 valence electrons. The first-order chi connectivity index (χ1) is 8.74. The fraction of sp³-hybridized carbons (Fsp3) is 0.0714. The summed E-state index contributed by atoms with van der Waals surface area (Å²) >= 11 is 6.00. The summed E-state index contributed by atoms with van der Waals surface area (Å²) in [5, 5.41) is 0.426. The molecule has 0 saturated heterocycles. The molecule has 0 amide bonds. The second-order valence-corrected chi connectivity index (χ2v) is 4.48. The van der Waals surface area contributed by atoms with Gasteiger partial charge in [-0.05, 0) is 24.3 Å². The Morgan fingerprint density at radius 3 is 2.72 bits per heavy atom. The fourth-order valence-corrected chi connectivity index (χ4v) is 2.19.